The molecule has 0 aliphatic heterocycles. The quantitative estimate of drug-likeness (QED) is 0.220. The van der Waals surface area contributed by atoms with Crippen LogP contribution in [0.4, 0.5) is 0 Å². The van der Waals surface area contributed by atoms with Crippen LogP contribution in [0, 0.1) is 0 Å². The summed E-state index contributed by atoms with van der Waals surface area (Å²) in [5.41, 5.74) is 0. The Labute approximate surface area is 165 Å². The molecule has 0 radical (unpaired) electrons. The molecule has 1 rings (SSSR count). The molecule has 0 bridgehead atoms. The third kappa shape index (κ3) is 16.6. The van der Waals surface area contributed by atoms with E-state index in [1.807, 2.05) is 36.4 Å². The highest BCUT2D eigenvalue weighted by Crippen LogP contribution is 2.14. The number of nitrogens with zero attached hydrogens (tertiary/aromatic N) is 1. The first-order valence-electron chi connectivity index (χ1n) is 11.5. The Morgan fingerprint density at radius 3 is 0.923 bits per heavy atom. The molecule has 152 valence electrons. The molecule has 0 heterocycles. The molecule has 26 heavy (non-hydrogen) atoms. The Kier molecular flexibility index (Phi) is 18.4. The van der Waals surface area contributed by atoms with E-state index in [-0.39, 0.29) is 0 Å². The lowest BCUT2D eigenvalue weighted by Gasteiger charge is -2.35. The Morgan fingerprint density at radius 1 is 0.423 bits per heavy atom. The summed E-state index contributed by atoms with van der Waals surface area (Å²) in [6, 6.07) is 12.0. The number of hydrogen-bond acceptors (Lipinski definition) is 0. The van der Waals surface area contributed by atoms with Crippen molar-refractivity contribution in [3.05, 3.63) is 36.4 Å². The van der Waals surface area contributed by atoms with Gasteiger partial charge >= 0.3 is 0 Å². The summed E-state index contributed by atoms with van der Waals surface area (Å²) in [6.45, 7) is 11.2. The maximum atomic E-state index is 2.52. The average Bonchev–Trinajstić information content (AvgIpc) is 2.68. The van der Waals surface area contributed by atoms with E-state index in [0.29, 0.717) is 0 Å². The molecule has 0 saturated heterocycles. The highest BCUT2D eigenvalue weighted by molar-refractivity contribution is 4.99. The van der Waals surface area contributed by atoms with Gasteiger partial charge in [-0.25, -0.2) is 0 Å². The highest BCUT2D eigenvalue weighted by Gasteiger charge is 2.19. The molecular weight excluding hydrogens is 314 g/mol. The fourth-order valence-electron chi connectivity index (χ4n) is 3.48. The number of rotatable bonds is 15. The van der Waals surface area contributed by atoms with E-state index in [4.69, 9.17) is 0 Å². The third-order valence-electron chi connectivity index (χ3n) is 5.32. The van der Waals surface area contributed by atoms with Gasteiger partial charge in [-0.2, -0.15) is 0 Å². The molecule has 0 N–H and O–H groups in total. The summed E-state index contributed by atoms with van der Waals surface area (Å²) >= 11 is 0. The van der Waals surface area contributed by atoms with Gasteiger partial charge in [0.2, 0.25) is 0 Å². The summed E-state index contributed by atoms with van der Waals surface area (Å²) in [5, 5.41) is 0. The van der Waals surface area contributed by atoms with Crippen LogP contribution < -0.4 is 0 Å². The first kappa shape index (κ1) is 25.2. The van der Waals surface area contributed by atoms with Gasteiger partial charge in [-0.3, -0.25) is 0 Å². The van der Waals surface area contributed by atoms with Gasteiger partial charge in [0, 0.05) is 0 Å². The predicted octanol–water partition coefficient (Wildman–Crippen LogP) is 7.86. The van der Waals surface area contributed by atoms with E-state index in [0.717, 1.165) is 0 Å². The van der Waals surface area contributed by atoms with Crippen molar-refractivity contribution in [1.29, 1.82) is 0 Å². The van der Waals surface area contributed by atoms with E-state index in [9.17, 15) is 0 Å². The van der Waals surface area contributed by atoms with Crippen LogP contribution in [0.25, 0.3) is 0 Å². The summed E-state index contributed by atoms with van der Waals surface area (Å²) in [4.78, 5) is 0. The normalized spacial score (nSPS) is 11.1. The smallest absolute Gasteiger partial charge is 0.0784 e. The fourth-order valence-corrected chi connectivity index (χ4v) is 3.48. The Hall–Kier alpha value is -0.820. The number of unbranched alkanes of at least 4 members (excludes halogenated alkanes) is 9. The van der Waals surface area contributed by atoms with Gasteiger partial charge in [-0.15, -0.1) is 0 Å². The van der Waals surface area contributed by atoms with Crippen LogP contribution >= 0.6 is 0 Å². The topological polar surface area (TPSA) is 0 Å². The van der Waals surface area contributed by atoms with Crippen LogP contribution in [-0.2, 0) is 0 Å². The number of benzene rings is 1. The van der Waals surface area contributed by atoms with Gasteiger partial charge in [-0.1, -0.05) is 95.7 Å². The second-order valence-corrected chi connectivity index (χ2v) is 8.13. The second kappa shape index (κ2) is 19.0. The van der Waals surface area contributed by atoms with Crippen molar-refractivity contribution < 1.29 is 4.48 Å². The van der Waals surface area contributed by atoms with E-state index in [1.165, 1.54) is 101 Å². The van der Waals surface area contributed by atoms with E-state index in [1.54, 1.807) is 0 Å². The van der Waals surface area contributed by atoms with Crippen molar-refractivity contribution in [2.24, 2.45) is 0 Å². The molecule has 0 saturated carbocycles. The summed E-state index contributed by atoms with van der Waals surface area (Å²) in [6.07, 6.45) is 17.0. The van der Waals surface area contributed by atoms with Crippen LogP contribution in [0.2, 0.25) is 0 Å². The lowest BCUT2D eigenvalue weighted by molar-refractivity contribution is -0.910. The maximum Gasteiger partial charge on any atom is 0.0784 e. The Balaban J connectivity index is 0.000000867. The van der Waals surface area contributed by atoms with Crippen molar-refractivity contribution in [3.63, 3.8) is 0 Å². The van der Waals surface area contributed by atoms with Crippen LogP contribution in [0.3, 0.4) is 0 Å². The monoisotopic (exact) mass is 362 g/mol. The van der Waals surface area contributed by atoms with Crippen molar-refractivity contribution in [3.8, 4) is 0 Å². The average molecular weight is 363 g/mol. The molecule has 0 spiro atoms. The molecule has 0 aliphatic rings. The molecule has 1 heteroatoms. The number of hydrogen-bond donors (Lipinski definition) is 0. The molecule has 1 aromatic rings. The van der Waals surface area contributed by atoms with Gasteiger partial charge in [0.1, 0.15) is 0 Å². The zero-order chi connectivity index (χ0) is 19.3. The van der Waals surface area contributed by atoms with E-state index in [2.05, 4.69) is 27.8 Å². The zero-order valence-corrected chi connectivity index (χ0v) is 18.5. The van der Waals surface area contributed by atoms with Gasteiger partial charge < -0.3 is 4.48 Å². The standard InChI is InChI=1S/C19H42N.C6H6/c1-5-8-11-14-17-20(4,18-15-12-9-6-2)19-16-13-10-7-3;1-2-4-6-5-3-1/h5-19H2,1-4H3;1-6H/q+1;. The predicted molar refractivity (Wildman–Crippen MR) is 120 cm³/mol. The van der Waals surface area contributed by atoms with E-state index < -0.39 is 0 Å². The van der Waals surface area contributed by atoms with Gasteiger partial charge in [0.05, 0.1) is 26.7 Å². The van der Waals surface area contributed by atoms with Crippen LogP contribution in [-0.4, -0.2) is 31.2 Å². The van der Waals surface area contributed by atoms with Crippen molar-refractivity contribution in [1.82, 2.24) is 0 Å². The maximum absolute atomic E-state index is 2.52. The van der Waals surface area contributed by atoms with Gasteiger partial charge in [-0.05, 0) is 38.5 Å². The Bertz CT molecular complexity index is 302. The first-order valence-corrected chi connectivity index (χ1v) is 11.5. The number of quaternary nitrogens is 1. The summed E-state index contributed by atoms with van der Waals surface area (Å²) in [5.74, 6) is 0. The first-order chi connectivity index (χ1) is 12.7. The van der Waals surface area contributed by atoms with Crippen molar-refractivity contribution in [2.75, 3.05) is 26.7 Å². The van der Waals surface area contributed by atoms with Crippen LogP contribution in [0.1, 0.15) is 97.8 Å². The third-order valence-corrected chi connectivity index (χ3v) is 5.32. The van der Waals surface area contributed by atoms with Crippen LogP contribution in [0.5, 0.6) is 0 Å². The second-order valence-electron chi connectivity index (χ2n) is 8.13. The van der Waals surface area contributed by atoms with E-state index >= 15 is 0 Å². The summed E-state index contributed by atoms with van der Waals surface area (Å²) < 4.78 is 1.34. The molecule has 0 unspecified atom stereocenters. The largest absolute Gasteiger partial charge is 0.326 e. The molecule has 0 aromatic heterocycles. The molecule has 1 nitrogen and oxygen atoms in total. The highest BCUT2D eigenvalue weighted by atomic mass is 15.3. The Morgan fingerprint density at radius 2 is 0.692 bits per heavy atom. The summed E-state index contributed by atoms with van der Waals surface area (Å²) in [7, 11) is 2.52. The minimum atomic E-state index is 1.34. The van der Waals surface area contributed by atoms with Crippen molar-refractivity contribution in [2.45, 2.75) is 97.8 Å². The molecular formula is C25H48N+. The lowest BCUT2D eigenvalue weighted by atomic mass is 10.1. The fraction of sp³-hybridized carbons (Fsp3) is 0.760. The molecule has 0 aliphatic carbocycles. The molecule has 0 atom stereocenters. The zero-order valence-electron chi connectivity index (χ0n) is 18.5. The van der Waals surface area contributed by atoms with Crippen LogP contribution in [0.15, 0.2) is 36.4 Å². The minimum Gasteiger partial charge on any atom is -0.326 e. The lowest BCUT2D eigenvalue weighted by Crippen LogP contribution is -2.46. The van der Waals surface area contributed by atoms with Crippen molar-refractivity contribution >= 4 is 0 Å². The SMILES string of the molecule is CCCCCC[N+](C)(CCCCCC)CCCCCC.c1ccccc1. The van der Waals surface area contributed by atoms with Gasteiger partial charge in [0.25, 0.3) is 0 Å². The minimum absolute atomic E-state index is 1.34. The molecule has 0 amide bonds. The van der Waals surface area contributed by atoms with Gasteiger partial charge in [0.15, 0.2) is 0 Å². The molecule has 1 aromatic carbocycles. The molecule has 0 fully saturated rings.